The Balaban J connectivity index is 2.36. The second-order valence-electron chi connectivity index (χ2n) is 3.15. The van der Waals surface area contributed by atoms with Crippen molar-refractivity contribution in [1.82, 2.24) is 20.1 Å². The van der Waals surface area contributed by atoms with Crippen molar-refractivity contribution in [2.45, 2.75) is 19.4 Å². The van der Waals surface area contributed by atoms with Crippen molar-refractivity contribution < 1.29 is 0 Å². The van der Waals surface area contributed by atoms with Gasteiger partial charge in [0.25, 0.3) is 0 Å². The standard InChI is InChI=1S/C6H13N5S/c1-6(2,7-3)4-8-5-9-10-11-12-5/h7H,4H2,1-3H3,(H,8,9,11). The Labute approximate surface area is 75.7 Å². The van der Waals surface area contributed by atoms with Gasteiger partial charge in [-0.2, -0.15) is 0 Å². The van der Waals surface area contributed by atoms with E-state index in [1.54, 1.807) is 0 Å². The fraction of sp³-hybridized carbons (Fsp3) is 0.833. The van der Waals surface area contributed by atoms with Crippen LogP contribution < -0.4 is 10.6 Å². The van der Waals surface area contributed by atoms with Gasteiger partial charge in [-0.05, 0) is 26.1 Å². The lowest BCUT2D eigenvalue weighted by molar-refractivity contribution is 0.448. The molecule has 0 bridgehead atoms. The molecule has 0 aromatic carbocycles. The van der Waals surface area contributed by atoms with Gasteiger partial charge in [0.05, 0.1) is 0 Å². The fourth-order valence-electron chi connectivity index (χ4n) is 0.587. The normalized spacial score (nSPS) is 11.6. The highest BCUT2D eigenvalue weighted by Gasteiger charge is 2.14. The van der Waals surface area contributed by atoms with Gasteiger partial charge in [-0.3, -0.25) is 0 Å². The zero-order valence-electron chi connectivity index (χ0n) is 7.46. The van der Waals surface area contributed by atoms with Crippen LogP contribution in [0.5, 0.6) is 0 Å². The largest absolute Gasteiger partial charge is 0.357 e. The average Bonchev–Trinajstić information content (AvgIpc) is 2.53. The zero-order chi connectivity index (χ0) is 9.03. The van der Waals surface area contributed by atoms with Gasteiger partial charge in [-0.1, -0.05) is 9.59 Å². The number of hydrogen-bond donors (Lipinski definition) is 2. The first-order valence-electron chi connectivity index (χ1n) is 3.72. The molecule has 1 rings (SSSR count). The van der Waals surface area contributed by atoms with Crippen LogP contribution in [0.15, 0.2) is 0 Å². The molecule has 0 amide bonds. The van der Waals surface area contributed by atoms with Crippen molar-refractivity contribution in [1.29, 1.82) is 0 Å². The van der Waals surface area contributed by atoms with E-state index in [0.717, 1.165) is 11.7 Å². The highest BCUT2D eigenvalue weighted by Crippen LogP contribution is 2.07. The molecule has 5 nitrogen and oxygen atoms in total. The number of rotatable bonds is 4. The smallest absolute Gasteiger partial charge is 0.225 e. The van der Waals surface area contributed by atoms with Gasteiger partial charge in [0.1, 0.15) is 0 Å². The number of aromatic nitrogens is 3. The van der Waals surface area contributed by atoms with E-state index in [2.05, 4.69) is 39.3 Å². The lowest BCUT2D eigenvalue weighted by Gasteiger charge is -2.23. The second-order valence-corrected chi connectivity index (χ2v) is 3.89. The van der Waals surface area contributed by atoms with E-state index in [-0.39, 0.29) is 5.54 Å². The summed E-state index contributed by atoms with van der Waals surface area (Å²) in [6.07, 6.45) is 0. The van der Waals surface area contributed by atoms with E-state index < -0.39 is 0 Å². The van der Waals surface area contributed by atoms with Gasteiger partial charge in [0.15, 0.2) is 0 Å². The van der Waals surface area contributed by atoms with Gasteiger partial charge in [0, 0.05) is 23.6 Å². The van der Waals surface area contributed by atoms with Gasteiger partial charge in [0.2, 0.25) is 5.13 Å². The van der Waals surface area contributed by atoms with E-state index >= 15 is 0 Å². The van der Waals surface area contributed by atoms with Crippen LogP contribution in [0, 0.1) is 0 Å². The summed E-state index contributed by atoms with van der Waals surface area (Å²) in [5, 5.41) is 14.3. The molecule has 0 saturated heterocycles. The molecular weight excluding hydrogens is 174 g/mol. The summed E-state index contributed by atoms with van der Waals surface area (Å²) in [5.41, 5.74) is 0.0612. The van der Waals surface area contributed by atoms with Gasteiger partial charge < -0.3 is 10.6 Å². The zero-order valence-corrected chi connectivity index (χ0v) is 8.27. The number of likely N-dealkylation sites (N-methyl/N-ethyl adjacent to an activating group) is 1. The quantitative estimate of drug-likeness (QED) is 0.712. The van der Waals surface area contributed by atoms with E-state index in [1.165, 1.54) is 11.5 Å². The summed E-state index contributed by atoms with van der Waals surface area (Å²) in [6.45, 7) is 5.02. The van der Waals surface area contributed by atoms with Crippen LogP contribution in [0.25, 0.3) is 0 Å². The Morgan fingerprint density at radius 3 is 2.75 bits per heavy atom. The molecule has 0 spiro atoms. The summed E-state index contributed by atoms with van der Waals surface area (Å²) < 4.78 is 3.65. The van der Waals surface area contributed by atoms with Crippen LogP contribution in [0.1, 0.15) is 13.8 Å². The maximum absolute atomic E-state index is 3.77. The molecule has 0 atom stereocenters. The number of nitrogens with zero attached hydrogens (tertiary/aromatic N) is 3. The number of anilines is 1. The molecule has 0 saturated carbocycles. The summed E-state index contributed by atoms with van der Waals surface area (Å²) in [4.78, 5) is 0. The molecule has 1 heterocycles. The van der Waals surface area contributed by atoms with Crippen LogP contribution in [0.2, 0.25) is 0 Å². The SMILES string of the molecule is CNC(C)(C)CNc1nnns1. The number of hydrogen-bond acceptors (Lipinski definition) is 6. The Morgan fingerprint density at radius 2 is 2.25 bits per heavy atom. The van der Waals surface area contributed by atoms with Gasteiger partial charge in [-0.25, -0.2) is 0 Å². The van der Waals surface area contributed by atoms with Crippen molar-refractivity contribution in [3.63, 3.8) is 0 Å². The third-order valence-electron chi connectivity index (χ3n) is 1.66. The minimum atomic E-state index is 0.0612. The van der Waals surface area contributed by atoms with Crippen molar-refractivity contribution in [2.75, 3.05) is 18.9 Å². The van der Waals surface area contributed by atoms with Crippen molar-refractivity contribution in [3.8, 4) is 0 Å². The lowest BCUT2D eigenvalue weighted by atomic mass is 10.1. The molecular formula is C6H13N5S. The molecule has 0 aliphatic rings. The predicted octanol–water partition coefficient (Wildman–Crippen LogP) is 0.343. The molecule has 68 valence electrons. The molecule has 6 heteroatoms. The molecule has 0 aliphatic carbocycles. The second kappa shape index (κ2) is 3.77. The molecule has 1 aromatic rings. The van der Waals surface area contributed by atoms with E-state index in [1.807, 2.05) is 7.05 Å². The van der Waals surface area contributed by atoms with E-state index in [9.17, 15) is 0 Å². The predicted molar refractivity (Wildman–Crippen MR) is 49.3 cm³/mol. The summed E-state index contributed by atoms with van der Waals surface area (Å²) in [7, 11) is 1.93. The molecule has 0 radical (unpaired) electrons. The average molecular weight is 187 g/mol. The third kappa shape index (κ3) is 2.71. The number of nitrogens with one attached hydrogen (secondary N) is 2. The van der Waals surface area contributed by atoms with Crippen LogP contribution in [0.3, 0.4) is 0 Å². The molecule has 1 aromatic heterocycles. The highest BCUT2D eigenvalue weighted by molar-refractivity contribution is 7.09. The molecule has 0 fully saturated rings. The molecule has 0 aliphatic heterocycles. The summed E-state index contributed by atoms with van der Waals surface area (Å²) in [6, 6.07) is 0. The van der Waals surface area contributed by atoms with Gasteiger partial charge in [-0.15, -0.1) is 0 Å². The summed E-state index contributed by atoms with van der Waals surface area (Å²) in [5.74, 6) is 0. The first-order chi connectivity index (χ1) is 5.64. The topological polar surface area (TPSA) is 62.7 Å². The minimum Gasteiger partial charge on any atom is -0.357 e. The maximum atomic E-state index is 3.77. The van der Waals surface area contributed by atoms with Gasteiger partial charge >= 0.3 is 0 Å². The van der Waals surface area contributed by atoms with Crippen molar-refractivity contribution in [2.24, 2.45) is 0 Å². The van der Waals surface area contributed by atoms with E-state index in [4.69, 9.17) is 0 Å². The lowest BCUT2D eigenvalue weighted by Crippen LogP contribution is -2.42. The highest BCUT2D eigenvalue weighted by atomic mass is 32.1. The molecule has 12 heavy (non-hydrogen) atoms. The minimum absolute atomic E-state index is 0.0612. The van der Waals surface area contributed by atoms with Crippen LogP contribution in [0.4, 0.5) is 5.13 Å². The Hall–Kier alpha value is -0.750. The maximum Gasteiger partial charge on any atom is 0.225 e. The Kier molecular flexibility index (Phi) is 2.93. The first kappa shape index (κ1) is 9.34. The Morgan fingerprint density at radius 1 is 1.50 bits per heavy atom. The fourth-order valence-corrected chi connectivity index (χ4v) is 0.947. The van der Waals surface area contributed by atoms with Crippen molar-refractivity contribution in [3.05, 3.63) is 0 Å². The molecule has 0 unspecified atom stereocenters. The van der Waals surface area contributed by atoms with Crippen LogP contribution in [-0.2, 0) is 0 Å². The Bertz CT molecular complexity index is 220. The van der Waals surface area contributed by atoms with Crippen molar-refractivity contribution >= 4 is 16.7 Å². The van der Waals surface area contributed by atoms with E-state index in [0.29, 0.717) is 0 Å². The van der Waals surface area contributed by atoms with Crippen LogP contribution >= 0.6 is 11.5 Å². The third-order valence-corrected chi connectivity index (χ3v) is 2.21. The van der Waals surface area contributed by atoms with Crippen LogP contribution in [-0.4, -0.2) is 33.9 Å². The monoisotopic (exact) mass is 187 g/mol. The summed E-state index contributed by atoms with van der Waals surface area (Å²) >= 11 is 1.26. The molecule has 2 N–H and O–H groups in total. The first-order valence-corrected chi connectivity index (χ1v) is 4.49.